The van der Waals surface area contributed by atoms with E-state index in [-0.39, 0.29) is 5.82 Å². The molecular formula is C11H11FO2. The Kier molecular flexibility index (Phi) is 3.40. The second-order valence-corrected chi connectivity index (χ2v) is 2.87. The normalized spacial score (nSPS) is 11.2. The molecule has 0 bridgehead atoms. The van der Waals surface area contributed by atoms with Crippen LogP contribution >= 0.6 is 0 Å². The standard InChI is InChI=1S/C11H11FO2/c1-8(11(13)14-2)6-9-4-3-5-10(12)7-9/h3-7H,1-2H3. The number of hydrogen-bond donors (Lipinski definition) is 0. The molecule has 2 nitrogen and oxygen atoms in total. The topological polar surface area (TPSA) is 26.3 Å². The van der Waals surface area contributed by atoms with Crippen molar-refractivity contribution < 1.29 is 13.9 Å². The second kappa shape index (κ2) is 4.56. The van der Waals surface area contributed by atoms with E-state index >= 15 is 0 Å². The van der Waals surface area contributed by atoms with Crippen LogP contribution in [0.5, 0.6) is 0 Å². The molecule has 0 fully saturated rings. The Morgan fingerprint density at radius 2 is 2.21 bits per heavy atom. The summed E-state index contributed by atoms with van der Waals surface area (Å²) in [5.41, 5.74) is 1.09. The fourth-order valence-electron chi connectivity index (χ4n) is 1.07. The number of halogens is 1. The third kappa shape index (κ3) is 2.69. The molecule has 1 aromatic carbocycles. The summed E-state index contributed by atoms with van der Waals surface area (Å²) < 4.78 is 17.3. The van der Waals surface area contributed by atoms with Crippen molar-refractivity contribution in [1.29, 1.82) is 0 Å². The zero-order valence-electron chi connectivity index (χ0n) is 8.08. The van der Waals surface area contributed by atoms with E-state index in [1.165, 1.54) is 19.2 Å². The van der Waals surface area contributed by atoms with Crippen molar-refractivity contribution in [2.24, 2.45) is 0 Å². The molecule has 14 heavy (non-hydrogen) atoms. The average Bonchev–Trinajstić information content (AvgIpc) is 2.16. The maximum Gasteiger partial charge on any atom is 0.333 e. The van der Waals surface area contributed by atoms with Crippen molar-refractivity contribution in [2.75, 3.05) is 7.11 Å². The predicted molar refractivity (Wildman–Crippen MR) is 52.1 cm³/mol. The highest BCUT2D eigenvalue weighted by Gasteiger charge is 2.02. The largest absolute Gasteiger partial charge is 0.466 e. The van der Waals surface area contributed by atoms with Gasteiger partial charge in [0.25, 0.3) is 0 Å². The quantitative estimate of drug-likeness (QED) is 0.533. The van der Waals surface area contributed by atoms with E-state index in [2.05, 4.69) is 4.74 Å². The van der Waals surface area contributed by atoms with E-state index in [9.17, 15) is 9.18 Å². The zero-order chi connectivity index (χ0) is 10.6. The van der Waals surface area contributed by atoms with Gasteiger partial charge in [0.15, 0.2) is 0 Å². The van der Waals surface area contributed by atoms with Crippen LogP contribution in [0.15, 0.2) is 29.8 Å². The van der Waals surface area contributed by atoms with E-state index in [1.807, 2.05) is 0 Å². The summed E-state index contributed by atoms with van der Waals surface area (Å²) in [6, 6.07) is 6.01. The highest BCUT2D eigenvalue weighted by atomic mass is 19.1. The van der Waals surface area contributed by atoms with Crippen LogP contribution in [-0.2, 0) is 9.53 Å². The molecule has 0 N–H and O–H groups in total. The molecule has 0 saturated carbocycles. The van der Waals surface area contributed by atoms with Gasteiger partial charge in [-0.2, -0.15) is 0 Å². The van der Waals surface area contributed by atoms with E-state index in [0.717, 1.165) is 0 Å². The molecule has 0 atom stereocenters. The maximum absolute atomic E-state index is 12.8. The Labute approximate surface area is 82.0 Å². The molecule has 3 heteroatoms. The molecule has 0 radical (unpaired) electrons. The predicted octanol–water partition coefficient (Wildman–Crippen LogP) is 2.40. The Bertz CT molecular complexity index is 369. The lowest BCUT2D eigenvalue weighted by Crippen LogP contribution is -2.00. The van der Waals surface area contributed by atoms with E-state index < -0.39 is 5.97 Å². The van der Waals surface area contributed by atoms with Crippen LogP contribution < -0.4 is 0 Å². The third-order valence-electron chi connectivity index (χ3n) is 1.74. The average molecular weight is 194 g/mol. The van der Waals surface area contributed by atoms with Gasteiger partial charge in [-0.1, -0.05) is 12.1 Å². The summed E-state index contributed by atoms with van der Waals surface area (Å²) in [6.07, 6.45) is 1.58. The second-order valence-electron chi connectivity index (χ2n) is 2.87. The molecule has 0 heterocycles. The van der Waals surface area contributed by atoms with Crippen LogP contribution in [0.1, 0.15) is 12.5 Å². The number of ether oxygens (including phenoxy) is 1. The van der Waals surface area contributed by atoms with Gasteiger partial charge in [0.05, 0.1) is 7.11 Å². The Hall–Kier alpha value is -1.64. The van der Waals surface area contributed by atoms with E-state index in [4.69, 9.17) is 0 Å². The SMILES string of the molecule is COC(=O)C(C)=Cc1cccc(F)c1. The number of rotatable bonds is 2. The Balaban J connectivity index is 2.91. The van der Waals surface area contributed by atoms with Crippen molar-refractivity contribution in [3.05, 3.63) is 41.2 Å². The van der Waals surface area contributed by atoms with Gasteiger partial charge in [-0.25, -0.2) is 9.18 Å². The number of methoxy groups -OCH3 is 1. The molecule has 0 unspecified atom stereocenters. The minimum atomic E-state index is -0.408. The van der Waals surface area contributed by atoms with Crippen LogP contribution in [0.4, 0.5) is 4.39 Å². The highest BCUT2D eigenvalue weighted by molar-refractivity contribution is 5.92. The van der Waals surface area contributed by atoms with Crippen LogP contribution in [0.3, 0.4) is 0 Å². The molecule has 0 amide bonds. The molecule has 0 aliphatic rings. The summed E-state index contributed by atoms with van der Waals surface area (Å²) in [5, 5.41) is 0. The first-order valence-electron chi connectivity index (χ1n) is 4.15. The number of esters is 1. The number of hydrogen-bond acceptors (Lipinski definition) is 2. The fraction of sp³-hybridized carbons (Fsp3) is 0.182. The van der Waals surface area contributed by atoms with Crippen LogP contribution in [0.2, 0.25) is 0 Å². The lowest BCUT2D eigenvalue weighted by molar-refractivity contribution is -0.135. The van der Waals surface area contributed by atoms with Gasteiger partial charge in [0, 0.05) is 5.57 Å². The molecule has 0 aliphatic carbocycles. The van der Waals surface area contributed by atoms with Crippen molar-refractivity contribution in [3.8, 4) is 0 Å². The fourth-order valence-corrected chi connectivity index (χ4v) is 1.07. The van der Waals surface area contributed by atoms with Gasteiger partial charge >= 0.3 is 5.97 Å². The smallest absolute Gasteiger partial charge is 0.333 e. The molecule has 0 aliphatic heterocycles. The first-order chi connectivity index (χ1) is 6.63. The molecule has 0 saturated heterocycles. The zero-order valence-corrected chi connectivity index (χ0v) is 8.08. The van der Waals surface area contributed by atoms with Crippen LogP contribution in [0, 0.1) is 5.82 Å². The van der Waals surface area contributed by atoms with Crippen molar-refractivity contribution >= 4 is 12.0 Å². The monoisotopic (exact) mass is 194 g/mol. The van der Waals surface area contributed by atoms with Crippen molar-refractivity contribution in [2.45, 2.75) is 6.92 Å². The van der Waals surface area contributed by atoms with E-state index in [1.54, 1.807) is 25.1 Å². The van der Waals surface area contributed by atoms with Gasteiger partial charge in [0.1, 0.15) is 5.82 Å². The Morgan fingerprint density at radius 1 is 1.50 bits per heavy atom. The minimum absolute atomic E-state index is 0.323. The molecule has 1 rings (SSSR count). The molecular weight excluding hydrogens is 183 g/mol. The van der Waals surface area contributed by atoms with Gasteiger partial charge in [-0.3, -0.25) is 0 Å². The van der Waals surface area contributed by atoms with E-state index in [0.29, 0.717) is 11.1 Å². The summed E-state index contributed by atoms with van der Waals surface area (Å²) in [7, 11) is 1.31. The molecule has 0 aromatic heterocycles. The van der Waals surface area contributed by atoms with Gasteiger partial charge in [-0.05, 0) is 30.7 Å². The Morgan fingerprint density at radius 3 is 2.79 bits per heavy atom. The van der Waals surface area contributed by atoms with Crippen LogP contribution in [0.25, 0.3) is 6.08 Å². The summed E-state index contributed by atoms with van der Waals surface area (Å²) in [5.74, 6) is -0.731. The first-order valence-corrected chi connectivity index (χ1v) is 4.15. The van der Waals surface area contributed by atoms with Crippen LogP contribution in [-0.4, -0.2) is 13.1 Å². The summed E-state index contributed by atoms with van der Waals surface area (Å²) >= 11 is 0. The highest BCUT2D eigenvalue weighted by Crippen LogP contribution is 2.09. The molecule has 74 valence electrons. The molecule has 1 aromatic rings. The van der Waals surface area contributed by atoms with Crippen molar-refractivity contribution in [1.82, 2.24) is 0 Å². The number of benzene rings is 1. The summed E-state index contributed by atoms with van der Waals surface area (Å²) in [4.78, 5) is 11.0. The minimum Gasteiger partial charge on any atom is -0.466 e. The first kappa shape index (κ1) is 10.4. The van der Waals surface area contributed by atoms with Gasteiger partial charge in [-0.15, -0.1) is 0 Å². The van der Waals surface area contributed by atoms with Gasteiger partial charge in [0.2, 0.25) is 0 Å². The number of carbonyl (C=O) groups is 1. The lowest BCUT2D eigenvalue weighted by Gasteiger charge is -1.98. The molecule has 0 spiro atoms. The van der Waals surface area contributed by atoms with Gasteiger partial charge < -0.3 is 4.74 Å². The lowest BCUT2D eigenvalue weighted by atomic mass is 10.1. The summed E-state index contributed by atoms with van der Waals surface area (Å²) in [6.45, 7) is 1.62. The maximum atomic E-state index is 12.8. The van der Waals surface area contributed by atoms with Crippen molar-refractivity contribution in [3.63, 3.8) is 0 Å². The number of carbonyl (C=O) groups excluding carboxylic acids is 1. The third-order valence-corrected chi connectivity index (χ3v) is 1.74.